The third-order valence-corrected chi connectivity index (χ3v) is 3.36. The molecule has 2 nitrogen and oxygen atoms in total. The van der Waals surface area contributed by atoms with Crippen molar-refractivity contribution in [1.82, 2.24) is 0 Å². The molecule has 2 aromatic carbocycles. The second-order valence-corrected chi connectivity index (χ2v) is 4.99. The van der Waals surface area contributed by atoms with E-state index in [1.807, 2.05) is 0 Å². The largest absolute Gasteiger partial charge is 0.292 e. The van der Waals surface area contributed by atoms with Gasteiger partial charge in [0, 0.05) is 22.2 Å². The van der Waals surface area contributed by atoms with Crippen LogP contribution in [-0.2, 0) is 0 Å². The maximum absolute atomic E-state index is 13.8. The van der Waals surface area contributed by atoms with E-state index in [2.05, 4.69) is 0 Å². The maximum Gasteiger partial charge on any atom is 0.184 e. The highest BCUT2D eigenvalue weighted by molar-refractivity contribution is 6.31. The maximum atomic E-state index is 13.8. The fraction of sp³-hybridized carbons (Fsp3) is 0.125. The molecule has 0 aliphatic carbocycles. The molecule has 0 saturated heterocycles. The summed E-state index contributed by atoms with van der Waals surface area (Å²) in [5.74, 6) is -3.60. The average molecular weight is 306 g/mol. The summed E-state index contributed by atoms with van der Waals surface area (Å²) in [6.07, 6.45) is 0. The standard InChI is InChI=1S/C16H10ClF2NO/c1-9-2-3-10(17)6-13(9)16(21)14(8-20)12-5-4-11(18)7-15(12)19/h2-7,14H,1H3. The number of Topliss-reactive ketones (excluding diaryl/α,β-unsaturated/α-hetero) is 1. The van der Waals surface area contributed by atoms with Crippen molar-refractivity contribution < 1.29 is 13.6 Å². The lowest BCUT2D eigenvalue weighted by Crippen LogP contribution is -2.14. The molecule has 0 fully saturated rings. The third kappa shape index (κ3) is 3.09. The molecular formula is C16H10ClF2NO. The number of carbonyl (C=O) groups excluding carboxylic acids is 1. The van der Waals surface area contributed by atoms with Crippen molar-refractivity contribution in [2.45, 2.75) is 12.8 Å². The lowest BCUT2D eigenvalue weighted by atomic mass is 9.89. The Labute approximate surface area is 125 Å². The molecule has 1 atom stereocenters. The molecule has 0 radical (unpaired) electrons. The van der Waals surface area contributed by atoms with Gasteiger partial charge >= 0.3 is 0 Å². The first kappa shape index (κ1) is 15.1. The Kier molecular flexibility index (Phi) is 4.35. The van der Waals surface area contributed by atoms with E-state index < -0.39 is 23.3 Å². The second-order valence-electron chi connectivity index (χ2n) is 4.55. The van der Waals surface area contributed by atoms with E-state index in [9.17, 15) is 18.8 Å². The molecule has 106 valence electrons. The zero-order valence-electron chi connectivity index (χ0n) is 11.0. The third-order valence-electron chi connectivity index (χ3n) is 3.13. The highest BCUT2D eigenvalue weighted by Gasteiger charge is 2.26. The van der Waals surface area contributed by atoms with Gasteiger partial charge in [0.05, 0.1) is 6.07 Å². The van der Waals surface area contributed by atoms with Gasteiger partial charge in [0.2, 0.25) is 0 Å². The molecule has 0 spiro atoms. The van der Waals surface area contributed by atoms with E-state index in [0.717, 1.165) is 12.1 Å². The Bertz CT molecular complexity index is 752. The molecule has 0 N–H and O–H groups in total. The molecule has 1 unspecified atom stereocenters. The van der Waals surface area contributed by atoms with Gasteiger partial charge in [0.15, 0.2) is 5.78 Å². The Hall–Kier alpha value is -2.25. The van der Waals surface area contributed by atoms with Gasteiger partial charge in [-0.15, -0.1) is 0 Å². The first-order valence-electron chi connectivity index (χ1n) is 6.09. The molecule has 0 aromatic heterocycles. The van der Waals surface area contributed by atoms with Gasteiger partial charge in [-0.3, -0.25) is 4.79 Å². The molecule has 0 saturated carbocycles. The molecule has 0 bridgehead atoms. The van der Waals surface area contributed by atoms with Crippen LogP contribution in [0, 0.1) is 29.9 Å². The molecule has 0 amide bonds. The Morgan fingerprint density at radius 1 is 1.24 bits per heavy atom. The van der Waals surface area contributed by atoms with Gasteiger partial charge in [0.1, 0.15) is 17.6 Å². The SMILES string of the molecule is Cc1ccc(Cl)cc1C(=O)C(C#N)c1ccc(F)cc1F. The fourth-order valence-corrected chi connectivity index (χ4v) is 2.19. The minimum atomic E-state index is -1.34. The quantitative estimate of drug-likeness (QED) is 0.788. The van der Waals surface area contributed by atoms with E-state index >= 15 is 0 Å². The van der Waals surface area contributed by atoms with Crippen LogP contribution < -0.4 is 0 Å². The van der Waals surface area contributed by atoms with E-state index in [1.54, 1.807) is 25.1 Å². The predicted molar refractivity (Wildman–Crippen MR) is 75.2 cm³/mol. The van der Waals surface area contributed by atoms with Gasteiger partial charge < -0.3 is 0 Å². The van der Waals surface area contributed by atoms with Crippen LogP contribution in [0.5, 0.6) is 0 Å². The number of hydrogen-bond donors (Lipinski definition) is 0. The molecule has 2 aromatic rings. The van der Waals surface area contributed by atoms with Crippen molar-refractivity contribution in [3.05, 3.63) is 69.7 Å². The zero-order chi connectivity index (χ0) is 15.6. The molecule has 0 heterocycles. The summed E-state index contributed by atoms with van der Waals surface area (Å²) in [5.41, 5.74) is 0.730. The van der Waals surface area contributed by atoms with Crippen LogP contribution in [0.1, 0.15) is 27.4 Å². The van der Waals surface area contributed by atoms with E-state index in [4.69, 9.17) is 11.6 Å². The molecule has 21 heavy (non-hydrogen) atoms. The van der Waals surface area contributed by atoms with Gasteiger partial charge in [-0.05, 0) is 30.7 Å². The van der Waals surface area contributed by atoms with Gasteiger partial charge in [0.25, 0.3) is 0 Å². The van der Waals surface area contributed by atoms with Gasteiger partial charge in [-0.1, -0.05) is 23.7 Å². The molecule has 0 aliphatic rings. The number of aryl methyl sites for hydroxylation is 1. The number of nitriles is 1. The number of hydrogen-bond acceptors (Lipinski definition) is 2. The fourth-order valence-electron chi connectivity index (χ4n) is 2.02. The Morgan fingerprint density at radius 3 is 2.57 bits per heavy atom. The van der Waals surface area contributed by atoms with Crippen molar-refractivity contribution in [3.8, 4) is 6.07 Å². The van der Waals surface area contributed by atoms with E-state index in [0.29, 0.717) is 16.7 Å². The normalized spacial score (nSPS) is 11.8. The molecule has 0 aliphatic heterocycles. The van der Waals surface area contributed by atoms with Crippen LogP contribution in [0.2, 0.25) is 5.02 Å². The number of ketones is 1. The van der Waals surface area contributed by atoms with Crippen LogP contribution >= 0.6 is 11.6 Å². The zero-order valence-corrected chi connectivity index (χ0v) is 11.8. The Balaban J connectivity index is 2.49. The first-order chi connectivity index (χ1) is 9.93. The summed E-state index contributed by atoms with van der Waals surface area (Å²) in [6.45, 7) is 1.69. The van der Waals surface area contributed by atoms with E-state index in [-0.39, 0.29) is 11.1 Å². The predicted octanol–water partition coefficient (Wildman–Crippen LogP) is 4.42. The average Bonchev–Trinajstić information content (AvgIpc) is 2.44. The highest BCUT2D eigenvalue weighted by Crippen LogP contribution is 2.26. The van der Waals surface area contributed by atoms with Crippen LogP contribution in [0.15, 0.2) is 36.4 Å². The highest BCUT2D eigenvalue weighted by atomic mass is 35.5. The lowest BCUT2D eigenvalue weighted by molar-refractivity contribution is 0.0977. The minimum Gasteiger partial charge on any atom is -0.292 e. The summed E-state index contributed by atoms with van der Waals surface area (Å²) in [5, 5.41) is 9.55. The van der Waals surface area contributed by atoms with Gasteiger partial charge in [-0.25, -0.2) is 8.78 Å². The number of nitrogens with zero attached hydrogens (tertiary/aromatic N) is 1. The first-order valence-corrected chi connectivity index (χ1v) is 6.46. The summed E-state index contributed by atoms with van der Waals surface area (Å²) in [4.78, 5) is 12.4. The number of benzene rings is 2. The Morgan fingerprint density at radius 2 is 1.95 bits per heavy atom. The van der Waals surface area contributed by atoms with Crippen molar-refractivity contribution in [2.75, 3.05) is 0 Å². The van der Waals surface area contributed by atoms with Crippen LogP contribution in [0.4, 0.5) is 8.78 Å². The summed E-state index contributed by atoms with van der Waals surface area (Å²) < 4.78 is 26.7. The summed E-state index contributed by atoms with van der Waals surface area (Å²) in [6, 6.07) is 9.24. The molecule has 2 rings (SSSR count). The summed E-state index contributed by atoms with van der Waals surface area (Å²) >= 11 is 5.85. The topological polar surface area (TPSA) is 40.9 Å². The summed E-state index contributed by atoms with van der Waals surface area (Å²) in [7, 11) is 0. The van der Waals surface area contributed by atoms with Crippen LogP contribution in [-0.4, -0.2) is 5.78 Å². The van der Waals surface area contributed by atoms with Crippen LogP contribution in [0.25, 0.3) is 0 Å². The number of rotatable bonds is 3. The minimum absolute atomic E-state index is 0.150. The second kappa shape index (κ2) is 6.02. The van der Waals surface area contributed by atoms with Crippen molar-refractivity contribution in [3.63, 3.8) is 0 Å². The van der Waals surface area contributed by atoms with E-state index in [1.165, 1.54) is 6.07 Å². The van der Waals surface area contributed by atoms with Crippen LogP contribution in [0.3, 0.4) is 0 Å². The van der Waals surface area contributed by atoms with Crippen molar-refractivity contribution in [2.24, 2.45) is 0 Å². The molecular weight excluding hydrogens is 296 g/mol. The smallest absolute Gasteiger partial charge is 0.184 e. The lowest BCUT2D eigenvalue weighted by Gasteiger charge is -2.12. The van der Waals surface area contributed by atoms with Crippen molar-refractivity contribution >= 4 is 17.4 Å². The number of carbonyl (C=O) groups is 1. The van der Waals surface area contributed by atoms with Gasteiger partial charge in [-0.2, -0.15) is 5.26 Å². The monoisotopic (exact) mass is 305 g/mol. The number of halogens is 3. The van der Waals surface area contributed by atoms with Crippen molar-refractivity contribution in [1.29, 1.82) is 5.26 Å². The molecule has 5 heteroatoms.